The number of ketones is 1. The van der Waals surface area contributed by atoms with E-state index in [9.17, 15) is 9.18 Å². The molecule has 1 aliphatic carbocycles. The average molecular weight is 563 g/mol. The molecule has 3 aromatic carbocycles. The molecule has 5 rings (SSSR count). The van der Waals surface area contributed by atoms with Gasteiger partial charge in [-0.2, -0.15) is 8.75 Å². The number of hydrogen-bond acceptors (Lipinski definition) is 8. The highest BCUT2D eigenvalue weighted by Gasteiger charge is 2.24. The topological polar surface area (TPSA) is 79.8 Å². The SMILES string of the molecule is COc1ccc(C(=O)C(Cc2cc(OC)c(OC3CCCC3)c(OC)c2)=C(C)c2ccc3nsnc3c2)cc1F. The third kappa shape index (κ3) is 5.65. The molecule has 0 aliphatic heterocycles. The lowest BCUT2D eigenvalue weighted by atomic mass is 9.90. The Morgan fingerprint density at radius 3 is 2.17 bits per heavy atom. The summed E-state index contributed by atoms with van der Waals surface area (Å²) in [5, 5.41) is 0. The minimum atomic E-state index is -0.600. The first-order valence-electron chi connectivity index (χ1n) is 13.1. The van der Waals surface area contributed by atoms with Crippen molar-refractivity contribution in [3.05, 3.63) is 76.6 Å². The van der Waals surface area contributed by atoms with Crippen LogP contribution in [0.2, 0.25) is 0 Å². The highest BCUT2D eigenvalue weighted by Crippen LogP contribution is 2.42. The molecule has 0 atom stereocenters. The Bertz CT molecular complexity index is 1550. The number of carbonyl (C=O) groups excluding carboxylic acids is 1. The molecule has 1 fully saturated rings. The van der Waals surface area contributed by atoms with Crippen molar-refractivity contribution in [3.63, 3.8) is 0 Å². The van der Waals surface area contributed by atoms with Gasteiger partial charge in [0.15, 0.2) is 28.8 Å². The van der Waals surface area contributed by atoms with E-state index in [1.54, 1.807) is 20.3 Å². The standard InChI is InChI=1S/C31H31FN2O5S/c1-18(20-9-11-25-26(17-20)34-40-33-25)23(30(35)21-10-12-27(36-2)24(32)16-21)13-19-14-28(37-3)31(29(15-19)38-4)39-22-7-5-6-8-22/h9-12,14-17,22H,5-8,13H2,1-4H3. The summed E-state index contributed by atoms with van der Waals surface area (Å²) in [7, 11) is 4.56. The minimum Gasteiger partial charge on any atom is -0.494 e. The van der Waals surface area contributed by atoms with Gasteiger partial charge in [0.1, 0.15) is 11.0 Å². The second-order valence-corrected chi connectivity index (χ2v) is 10.3. The number of Topliss-reactive ketones (excluding diaryl/α,β-unsaturated/α-hetero) is 1. The molecule has 40 heavy (non-hydrogen) atoms. The molecule has 208 valence electrons. The first kappa shape index (κ1) is 27.6. The lowest BCUT2D eigenvalue weighted by Gasteiger charge is -2.20. The van der Waals surface area contributed by atoms with Gasteiger partial charge in [0, 0.05) is 17.6 Å². The molecule has 4 aromatic rings. The summed E-state index contributed by atoms with van der Waals surface area (Å²) in [5.74, 6) is 0.824. The van der Waals surface area contributed by atoms with Crippen molar-refractivity contribution in [2.75, 3.05) is 21.3 Å². The van der Waals surface area contributed by atoms with E-state index in [-0.39, 0.29) is 29.6 Å². The predicted octanol–water partition coefficient (Wildman–Crippen LogP) is 7.08. The van der Waals surface area contributed by atoms with Crippen molar-refractivity contribution >= 4 is 34.1 Å². The number of halogens is 1. The largest absolute Gasteiger partial charge is 0.494 e. The summed E-state index contributed by atoms with van der Waals surface area (Å²) in [5.41, 5.74) is 4.64. The molecule has 0 radical (unpaired) electrons. The van der Waals surface area contributed by atoms with Crippen LogP contribution in [-0.2, 0) is 6.42 Å². The number of fused-ring (bicyclic) bond motifs is 1. The van der Waals surface area contributed by atoms with E-state index in [0.717, 1.165) is 65.1 Å². The normalized spacial score (nSPS) is 14.2. The molecule has 0 spiro atoms. The number of methoxy groups -OCH3 is 3. The average Bonchev–Trinajstić information content (AvgIpc) is 3.67. The quantitative estimate of drug-likeness (QED) is 0.151. The Balaban J connectivity index is 1.58. The summed E-state index contributed by atoms with van der Waals surface area (Å²) < 4.78 is 46.0. The Hall–Kier alpha value is -3.98. The summed E-state index contributed by atoms with van der Waals surface area (Å²) >= 11 is 1.14. The van der Waals surface area contributed by atoms with E-state index in [4.69, 9.17) is 18.9 Å². The number of hydrogen-bond donors (Lipinski definition) is 0. The van der Waals surface area contributed by atoms with Crippen LogP contribution in [0.3, 0.4) is 0 Å². The Morgan fingerprint density at radius 2 is 1.52 bits per heavy atom. The van der Waals surface area contributed by atoms with E-state index in [1.807, 2.05) is 37.3 Å². The molecule has 1 aromatic heterocycles. The van der Waals surface area contributed by atoms with Gasteiger partial charge in [-0.3, -0.25) is 4.79 Å². The zero-order valence-electron chi connectivity index (χ0n) is 23.0. The number of aromatic nitrogens is 2. The number of benzene rings is 3. The lowest BCUT2D eigenvalue weighted by molar-refractivity contribution is 0.103. The van der Waals surface area contributed by atoms with Crippen LogP contribution in [0.15, 0.2) is 54.1 Å². The fraction of sp³-hybridized carbons (Fsp3) is 0.323. The van der Waals surface area contributed by atoms with Crippen LogP contribution >= 0.6 is 11.7 Å². The van der Waals surface area contributed by atoms with Crippen molar-refractivity contribution in [1.82, 2.24) is 8.75 Å². The second kappa shape index (κ2) is 12.0. The molecular weight excluding hydrogens is 531 g/mol. The fourth-order valence-corrected chi connectivity index (χ4v) is 5.60. The molecule has 0 bridgehead atoms. The van der Waals surface area contributed by atoms with Gasteiger partial charge in [-0.25, -0.2) is 4.39 Å². The maximum Gasteiger partial charge on any atom is 0.203 e. The van der Waals surface area contributed by atoms with E-state index >= 15 is 0 Å². The number of ether oxygens (including phenoxy) is 4. The molecule has 9 heteroatoms. The van der Waals surface area contributed by atoms with Gasteiger partial charge >= 0.3 is 0 Å². The van der Waals surface area contributed by atoms with Crippen LogP contribution in [0.25, 0.3) is 16.6 Å². The van der Waals surface area contributed by atoms with Gasteiger partial charge in [0.2, 0.25) is 5.75 Å². The van der Waals surface area contributed by atoms with Gasteiger partial charge in [0.05, 0.1) is 39.2 Å². The molecule has 1 heterocycles. The van der Waals surface area contributed by atoms with Gasteiger partial charge in [-0.05, 0) is 91.8 Å². The number of allylic oxidation sites excluding steroid dienone is 2. The van der Waals surface area contributed by atoms with E-state index in [1.165, 1.54) is 19.2 Å². The van der Waals surface area contributed by atoms with E-state index in [2.05, 4.69) is 8.75 Å². The molecule has 0 unspecified atom stereocenters. The molecule has 1 saturated carbocycles. The zero-order valence-corrected chi connectivity index (χ0v) is 23.8. The highest BCUT2D eigenvalue weighted by atomic mass is 32.1. The third-order valence-electron chi connectivity index (χ3n) is 7.32. The maximum atomic E-state index is 14.6. The Labute approximate surface area is 236 Å². The second-order valence-electron chi connectivity index (χ2n) is 9.78. The molecule has 1 aliphatic rings. The maximum absolute atomic E-state index is 14.6. The fourth-order valence-electron chi connectivity index (χ4n) is 5.08. The third-order valence-corrected chi connectivity index (χ3v) is 7.87. The molecule has 0 amide bonds. The summed E-state index contributed by atoms with van der Waals surface area (Å²) in [6, 6.07) is 13.7. The van der Waals surface area contributed by atoms with Crippen molar-refractivity contribution in [1.29, 1.82) is 0 Å². The van der Waals surface area contributed by atoms with Crippen molar-refractivity contribution in [2.24, 2.45) is 0 Å². The molecule has 7 nitrogen and oxygen atoms in total. The highest BCUT2D eigenvalue weighted by molar-refractivity contribution is 7.00. The van der Waals surface area contributed by atoms with Crippen molar-refractivity contribution < 1.29 is 28.1 Å². The minimum absolute atomic E-state index is 0.0765. The Kier molecular flexibility index (Phi) is 8.30. The van der Waals surface area contributed by atoms with Crippen LogP contribution in [0, 0.1) is 5.82 Å². The van der Waals surface area contributed by atoms with E-state index < -0.39 is 5.82 Å². The van der Waals surface area contributed by atoms with Gasteiger partial charge in [0.25, 0.3) is 0 Å². The Morgan fingerprint density at radius 1 is 0.875 bits per heavy atom. The molecule has 0 saturated heterocycles. The van der Waals surface area contributed by atoms with Crippen LogP contribution in [0.4, 0.5) is 4.39 Å². The van der Waals surface area contributed by atoms with Crippen LogP contribution < -0.4 is 18.9 Å². The number of nitrogens with zero attached hydrogens (tertiary/aromatic N) is 2. The smallest absolute Gasteiger partial charge is 0.203 e. The van der Waals surface area contributed by atoms with Gasteiger partial charge < -0.3 is 18.9 Å². The van der Waals surface area contributed by atoms with Crippen LogP contribution in [-0.4, -0.2) is 42.0 Å². The number of rotatable bonds is 10. The van der Waals surface area contributed by atoms with Gasteiger partial charge in [-0.15, -0.1) is 0 Å². The first-order chi connectivity index (χ1) is 19.4. The van der Waals surface area contributed by atoms with Gasteiger partial charge in [-0.1, -0.05) is 6.07 Å². The van der Waals surface area contributed by atoms with E-state index in [0.29, 0.717) is 22.8 Å². The summed E-state index contributed by atoms with van der Waals surface area (Å²) in [6.45, 7) is 1.89. The summed E-state index contributed by atoms with van der Waals surface area (Å²) in [6.07, 6.45) is 4.63. The molecule has 0 N–H and O–H groups in total. The summed E-state index contributed by atoms with van der Waals surface area (Å²) in [4.78, 5) is 14.0. The first-order valence-corrected chi connectivity index (χ1v) is 13.9. The number of carbonyl (C=O) groups is 1. The predicted molar refractivity (Wildman–Crippen MR) is 153 cm³/mol. The lowest BCUT2D eigenvalue weighted by Crippen LogP contribution is -2.13. The van der Waals surface area contributed by atoms with Crippen LogP contribution in [0.5, 0.6) is 23.0 Å². The zero-order chi connectivity index (χ0) is 28.2. The van der Waals surface area contributed by atoms with Crippen molar-refractivity contribution in [2.45, 2.75) is 45.1 Å². The monoisotopic (exact) mass is 562 g/mol. The molecular formula is C31H31FN2O5S. The van der Waals surface area contributed by atoms with Crippen LogP contribution in [0.1, 0.15) is 54.1 Å². The van der Waals surface area contributed by atoms with Crippen molar-refractivity contribution in [3.8, 4) is 23.0 Å².